The Morgan fingerprint density at radius 1 is 0.931 bits per heavy atom. The molecule has 29 heavy (non-hydrogen) atoms. The number of aromatic nitrogens is 3. The number of ether oxygens (including phenoxy) is 1. The molecule has 0 bridgehead atoms. The third-order valence-electron chi connectivity index (χ3n) is 4.98. The fraction of sp³-hybridized carbons (Fsp3) is 0.238. The molecule has 2 N–H and O–H groups in total. The Hall–Kier alpha value is -3.68. The van der Waals surface area contributed by atoms with E-state index in [1.165, 1.54) is 0 Å². The molecule has 0 spiro atoms. The summed E-state index contributed by atoms with van der Waals surface area (Å²) < 4.78 is 7.39. The van der Waals surface area contributed by atoms with Gasteiger partial charge in [-0.2, -0.15) is 0 Å². The molecule has 0 atom stereocenters. The first kappa shape index (κ1) is 17.4. The van der Waals surface area contributed by atoms with Gasteiger partial charge in [-0.05, 0) is 24.3 Å². The van der Waals surface area contributed by atoms with Gasteiger partial charge in [0.05, 0.1) is 32.1 Å². The van der Waals surface area contributed by atoms with Crippen LogP contribution in [-0.4, -0.2) is 60.0 Å². The smallest absolute Gasteiger partial charge is 0.129 e. The fourth-order valence-corrected chi connectivity index (χ4v) is 3.54. The molecule has 0 fully saturated rings. The topological polar surface area (TPSA) is 88.7 Å². The van der Waals surface area contributed by atoms with Crippen molar-refractivity contribution >= 4 is 11.7 Å². The van der Waals surface area contributed by atoms with Crippen molar-refractivity contribution < 1.29 is 4.74 Å². The van der Waals surface area contributed by atoms with E-state index in [-0.39, 0.29) is 0 Å². The third-order valence-corrected chi connectivity index (χ3v) is 4.98. The molecule has 8 nitrogen and oxygen atoms in total. The number of rotatable bonds is 5. The number of nitrogens with one attached hydrogen (secondary N) is 2. The Balaban J connectivity index is 1.46. The minimum absolute atomic E-state index is 0.740. The van der Waals surface area contributed by atoms with Crippen LogP contribution in [0.5, 0.6) is 5.75 Å². The van der Waals surface area contributed by atoms with Crippen molar-refractivity contribution in [2.45, 2.75) is 0 Å². The summed E-state index contributed by atoms with van der Waals surface area (Å²) in [5.74, 6) is 2.57. The number of amidine groups is 2. The molecule has 146 valence electrons. The lowest BCUT2D eigenvalue weighted by molar-refractivity contribution is 0.416. The SMILES string of the molecule is COc1cc(C2=NCCN2)ccc1-c1cn(-c2cccc(C3=NCCN3)c2)nn1. The van der Waals surface area contributed by atoms with Crippen LogP contribution in [0.25, 0.3) is 16.9 Å². The molecule has 2 aliphatic heterocycles. The van der Waals surface area contributed by atoms with Crippen LogP contribution in [0, 0.1) is 0 Å². The summed E-state index contributed by atoms with van der Waals surface area (Å²) in [5.41, 5.74) is 4.62. The zero-order valence-electron chi connectivity index (χ0n) is 16.1. The fourth-order valence-electron chi connectivity index (χ4n) is 3.54. The average Bonchev–Trinajstić information content (AvgIpc) is 3.55. The van der Waals surface area contributed by atoms with Crippen molar-refractivity contribution in [1.29, 1.82) is 0 Å². The maximum absolute atomic E-state index is 5.62. The van der Waals surface area contributed by atoms with Gasteiger partial charge in [0.15, 0.2) is 0 Å². The van der Waals surface area contributed by atoms with Crippen LogP contribution in [0.3, 0.4) is 0 Å². The first-order valence-corrected chi connectivity index (χ1v) is 9.60. The van der Waals surface area contributed by atoms with Crippen LogP contribution < -0.4 is 15.4 Å². The second kappa shape index (κ2) is 7.38. The van der Waals surface area contributed by atoms with Gasteiger partial charge in [0.25, 0.3) is 0 Å². The average molecular weight is 387 g/mol. The van der Waals surface area contributed by atoms with Crippen molar-refractivity contribution in [3.05, 3.63) is 59.8 Å². The lowest BCUT2D eigenvalue weighted by atomic mass is 10.1. The highest BCUT2D eigenvalue weighted by Crippen LogP contribution is 2.30. The Kier molecular flexibility index (Phi) is 4.44. The Labute approximate surface area is 168 Å². The van der Waals surface area contributed by atoms with E-state index in [2.05, 4.69) is 37.0 Å². The maximum Gasteiger partial charge on any atom is 0.129 e. The van der Waals surface area contributed by atoms with Gasteiger partial charge in [-0.25, -0.2) is 4.68 Å². The van der Waals surface area contributed by atoms with Gasteiger partial charge in [-0.3, -0.25) is 9.98 Å². The summed E-state index contributed by atoms with van der Waals surface area (Å²) in [6.45, 7) is 3.36. The zero-order valence-corrected chi connectivity index (χ0v) is 16.1. The van der Waals surface area contributed by atoms with E-state index in [1.54, 1.807) is 11.8 Å². The summed E-state index contributed by atoms with van der Waals surface area (Å²) in [5, 5.41) is 15.3. The third kappa shape index (κ3) is 3.33. The molecule has 2 aromatic carbocycles. The highest BCUT2D eigenvalue weighted by Gasteiger charge is 2.15. The number of methoxy groups -OCH3 is 1. The molecular formula is C21H21N7O. The number of nitrogens with zero attached hydrogens (tertiary/aromatic N) is 5. The summed E-state index contributed by atoms with van der Waals surface area (Å²) in [6, 6.07) is 14.1. The van der Waals surface area contributed by atoms with E-state index in [0.29, 0.717) is 0 Å². The van der Waals surface area contributed by atoms with E-state index in [9.17, 15) is 0 Å². The predicted molar refractivity (Wildman–Crippen MR) is 112 cm³/mol. The second-order valence-electron chi connectivity index (χ2n) is 6.83. The minimum Gasteiger partial charge on any atom is -0.496 e. The van der Waals surface area contributed by atoms with Gasteiger partial charge in [0, 0.05) is 29.8 Å². The van der Waals surface area contributed by atoms with Gasteiger partial charge < -0.3 is 15.4 Å². The quantitative estimate of drug-likeness (QED) is 0.695. The summed E-state index contributed by atoms with van der Waals surface area (Å²) in [7, 11) is 1.66. The molecule has 1 aromatic heterocycles. The second-order valence-corrected chi connectivity index (χ2v) is 6.83. The molecule has 3 heterocycles. The van der Waals surface area contributed by atoms with Gasteiger partial charge in [0.2, 0.25) is 0 Å². The van der Waals surface area contributed by atoms with E-state index in [0.717, 1.165) is 71.7 Å². The highest BCUT2D eigenvalue weighted by molar-refractivity contribution is 6.01. The molecule has 0 saturated carbocycles. The van der Waals surface area contributed by atoms with Crippen LogP contribution in [0.1, 0.15) is 11.1 Å². The normalized spacial score (nSPS) is 15.5. The molecule has 5 rings (SSSR count). The van der Waals surface area contributed by atoms with Crippen LogP contribution in [0.4, 0.5) is 0 Å². The Morgan fingerprint density at radius 2 is 1.69 bits per heavy atom. The van der Waals surface area contributed by atoms with Gasteiger partial charge in [-0.1, -0.05) is 23.4 Å². The van der Waals surface area contributed by atoms with Crippen molar-refractivity contribution in [3.8, 4) is 22.7 Å². The molecule has 2 aliphatic rings. The van der Waals surface area contributed by atoms with Crippen LogP contribution in [0.15, 0.2) is 58.6 Å². The molecule has 0 saturated heterocycles. The van der Waals surface area contributed by atoms with E-state index >= 15 is 0 Å². The van der Waals surface area contributed by atoms with Crippen molar-refractivity contribution in [2.24, 2.45) is 9.98 Å². The molecule has 0 amide bonds. The molecule has 0 aliphatic carbocycles. The first-order chi connectivity index (χ1) is 14.3. The minimum atomic E-state index is 0.740. The molecule has 0 radical (unpaired) electrons. The van der Waals surface area contributed by atoms with Crippen LogP contribution >= 0.6 is 0 Å². The standard InChI is InChI=1S/C21H21N7O/c1-29-19-12-15(21-24-9-10-25-21)5-6-17(19)18-13-28(27-26-18)16-4-2-3-14(11-16)20-22-7-8-23-20/h2-6,11-13H,7-10H2,1H3,(H,22,23)(H,24,25). The first-order valence-electron chi connectivity index (χ1n) is 9.60. The van der Waals surface area contributed by atoms with E-state index in [1.807, 2.05) is 42.6 Å². The lowest BCUT2D eigenvalue weighted by Gasteiger charge is -2.09. The Bertz CT molecular complexity index is 1120. The van der Waals surface area contributed by atoms with Gasteiger partial charge in [0.1, 0.15) is 23.1 Å². The zero-order chi connectivity index (χ0) is 19.6. The molecule has 0 unspecified atom stereocenters. The lowest BCUT2D eigenvalue weighted by Crippen LogP contribution is -2.19. The molecule has 8 heteroatoms. The number of hydrogen-bond acceptors (Lipinski definition) is 7. The van der Waals surface area contributed by atoms with Crippen LogP contribution in [0.2, 0.25) is 0 Å². The van der Waals surface area contributed by atoms with Crippen molar-refractivity contribution in [3.63, 3.8) is 0 Å². The largest absolute Gasteiger partial charge is 0.496 e. The van der Waals surface area contributed by atoms with Crippen molar-refractivity contribution in [1.82, 2.24) is 25.6 Å². The number of benzene rings is 2. The summed E-state index contributed by atoms with van der Waals surface area (Å²) in [6.07, 6.45) is 1.91. The Morgan fingerprint density at radius 3 is 2.38 bits per heavy atom. The monoisotopic (exact) mass is 387 g/mol. The van der Waals surface area contributed by atoms with Crippen LogP contribution in [-0.2, 0) is 0 Å². The predicted octanol–water partition coefficient (Wildman–Crippen LogP) is 1.64. The molecular weight excluding hydrogens is 366 g/mol. The highest BCUT2D eigenvalue weighted by atomic mass is 16.5. The maximum atomic E-state index is 5.62. The van der Waals surface area contributed by atoms with E-state index < -0.39 is 0 Å². The molecule has 3 aromatic rings. The van der Waals surface area contributed by atoms with Gasteiger partial charge >= 0.3 is 0 Å². The number of hydrogen-bond donors (Lipinski definition) is 2. The van der Waals surface area contributed by atoms with E-state index in [4.69, 9.17) is 4.74 Å². The van der Waals surface area contributed by atoms with Gasteiger partial charge in [-0.15, -0.1) is 5.10 Å². The number of aliphatic imine (C=N–C) groups is 2. The summed E-state index contributed by atoms with van der Waals surface area (Å²) in [4.78, 5) is 8.96. The summed E-state index contributed by atoms with van der Waals surface area (Å²) >= 11 is 0. The van der Waals surface area contributed by atoms with Crippen molar-refractivity contribution in [2.75, 3.05) is 33.3 Å².